The Bertz CT molecular complexity index is 786. The van der Waals surface area contributed by atoms with Gasteiger partial charge in [-0.15, -0.1) is 0 Å². The lowest BCUT2D eigenvalue weighted by Crippen LogP contribution is -2.51. The highest BCUT2D eigenvalue weighted by atomic mass is 16.2. The number of nitrogens with zero attached hydrogens (tertiary/aromatic N) is 3. The van der Waals surface area contributed by atoms with Gasteiger partial charge in [0, 0.05) is 32.1 Å². The summed E-state index contributed by atoms with van der Waals surface area (Å²) in [6.45, 7) is 3.74. The van der Waals surface area contributed by atoms with Gasteiger partial charge in [0.25, 0.3) is 5.56 Å². The highest BCUT2D eigenvalue weighted by Crippen LogP contribution is 2.23. The summed E-state index contributed by atoms with van der Waals surface area (Å²) in [6, 6.07) is 7.36. The third-order valence-electron chi connectivity index (χ3n) is 4.98. The number of rotatable bonds is 4. The molecule has 2 atom stereocenters. The molecule has 1 saturated heterocycles. The maximum Gasteiger partial charge on any atom is 0.261 e. The van der Waals surface area contributed by atoms with Crippen LogP contribution in [0.1, 0.15) is 26.2 Å². The molecule has 1 aliphatic heterocycles. The molecule has 1 amide bonds. The molecule has 128 valence electrons. The summed E-state index contributed by atoms with van der Waals surface area (Å²) in [4.78, 5) is 31.3. The molecule has 1 aromatic carbocycles. The van der Waals surface area contributed by atoms with Crippen LogP contribution in [0.4, 0.5) is 0 Å². The van der Waals surface area contributed by atoms with Crippen LogP contribution >= 0.6 is 0 Å². The van der Waals surface area contributed by atoms with Gasteiger partial charge in [-0.3, -0.25) is 14.2 Å². The molecule has 24 heavy (non-hydrogen) atoms. The summed E-state index contributed by atoms with van der Waals surface area (Å²) in [5.41, 5.74) is 6.43. The van der Waals surface area contributed by atoms with Gasteiger partial charge < -0.3 is 10.6 Å². The van der Waals surface area contributed by atoms with Crippen molar-refractivity contribution in [1.29, 1.82) is 0 Å². The average molecular weight is 328 g/mol. The van der Waals surface area contributed by atoms with Crippen molar-refractivity contribution in [3.8, 4) is 0 Å². The van der Waals surface area contributed by atoms with Gasteiger partial charge in [-0.1, -0.05) is 19.1 Å². The third-order valence-corrected chi connectivity index (χ3v) is 4.98. The molecular weight excluding hydrogens is 304 g/mol. The minimum absolute atomic E-state index is 0.0667. The van der Waals surface area contributed by atoms with Crippen LogP contribution in [0.15, 0.2) is 35.4 Å². The van der Waals surface area contributed by atoms with Crippen molar-refractivity contribution in [2.24, 2.45) is 11.7 Å². The second-order valence-corrected chi connectivity index (χ2v) is 6.52. The van der Waals surface area contributed by atoms with Crippen molar-refractivity contribution >= 4 is 16.8 Å². The molecule has 1 fully saturated rings. The molecule has 0 spiro atoms. The molecule has 1 aliphatic rings. The second kappa shape index (κ2) is 7.13. The molecule has 1 aromatic heterocycles. The van der Waals surface area contributed by atoms with Gasteiger partial charge in [-0.25, -0.2) is 4.98 Å². The maximum absolute atomic E-state index is 12.6. The normalized spacial score (nSPS) is 21.2. The molecule has 2 aromatic rings. The number of fused-ring (bicyclic) bond motifs is 1. The molecule has 0 unspecified atom stereocenters. The number of carbonyl (C=O) groups is 1. The molecule has 0 aliphatic carbocycles. The van der Waals surface area contributed by atoms with Crippen molar-refractivity contribution in [3.63, 3.8) is 0 Å². The summed E-state index contributed by atoms with van der Waals surface area (Å²) in [5.74, 6) is 0.495. The lowest BCUT2D eigenvalue weighted by atomic mass is 9.90. The van der Waals surface area contributed by atoms with E-state index in [-0.39, 0.29) is 17.5 Å². The fourth-order valence-electron chi connectivity index (χ4n) is 3.54. The number of hydrogen-bond donors (Lipinski definition) is 1. The van der Waals surface area contributed by atoms with Crippen LogP contribution in [-0.4, -0.2) is 39.5 Å². The van der Waals surface area contributed by atoms with E-state index in [0.29, 0.717) is 36.3 Å². The van der Waals surface area contributed by atoms with Crippen LogP contribution in [0.3, 0.4) is 0 Å². The van der Waals surface area contributed by atoms with Crippen LogP contribution < -0.4 is 11.3 Å². The molecule has 0 radical (unpaired) electrons. The summed E-state index contributed by atoms with van der Waals surface area (Å²) in [6.07, 6.45) is 3.95. The first-order valence-corrected chi connectivity index (χ1v) is 8.55. The Balaban J connectivity index is 1.72. The van der Waals surface area contributed by atoms with E-state index in [0.717, 1.165) is 19.4 Å². The highest BCUT2D eigenvalue weighted by molar-refractivity contribution is 5.78. The van der Waals surface area contributed by atoms with Crippen LogP contribution in [0.5, 0.6) is 0 Å². The highest BCUT2D eigenvalue weighted by Gasteiger charge is 2.30. The number of benzene rings is 1. The standard InChI is InChI=1S/C18H24N4O2/c1-13-5-4-9-22(16(13)11-19)17(23)8-10-21-12-20-15-7-3-2-6-14(15)18(21)24/h2-3,6-7,12-13,16H,4-5,8-11,19H2,1H3/t13-,16+/m1/s1. The Morgan fingerprint density at radius 3 is 2.96 bits per heavy atom. The number of aromatic nitrogens is 2. The summed E-state index contributed by atoms with van der Waals surface area (Å²) >= 11 is 0. The molecule has 6 heteroatoms. The largest absolute Gasteiger partial charge is 0.338 e. The fraction of sp³-hybridized carbons (Fsp3) is 0.500. The SMILES string of the molecule is C[C@@H]1CCCN(C(=O)CCn2cnc3ccccc3c2=O)[C@H]1CN. The minimum atomic E-state index is -0.101. The first-order chi connectivity index (χ1) is 11.6. The zero-order valence-corrected chi connectivity index (χ0v) is 14.0. The maximum atomic E-state index is 12.6. The lowest BCUT2D eigenvalue weighted by molar-refractivity contribution is -0.136. The summed E-state index contributed by atoms with van der Waals surface area (Å²) in [7, 11) is 0. The number of carbonyl (C=O) groups excluding carboxylic acids is 1. The number of para-hydroxylation sites is 1. The fourth-order valence-corrected chi connectivity index (χ4v) is 3.54. The van der Waals surface area contributed by atoms with Crippen molar-refractivity contribution in [3.05, 3.63) is 40.9 Å². The van der Waals surface area contributed by atoms with Gasteiger partial charge in [0.1, 0.15) is 0 Å². The topological polar surface area (TPSA) is 81.2 Å². The zero-order valence-electron chi connectivity index (χ0n) is 14.0. The molecule has 0 saturated carbocycles. The lowest BCUT2D eigenvalue weighted by Gasteiger charge is -2.39. The molecule has 3 rings (SSSR count). The van der Waals surface area contributed by atoms with E-state index in [1.54, 1.807) is 6.07 Å². The van der Waals surface area contributed by atoms with Crippen LogP contribution in [0.2, 0.25) is 0 Å². The molecule has 2 N–H and O–H groups in total. The third kappa shape index (κ3) is 3.19. The van der Waals surface area contributed by atoms with Crippen LogP contribution in [-0.2, 0) is 11.3 Å². The van der Waals surface area contributed by atoms with Crippen molar-refractivity contribution in [1.82, 2.24) is 14.5 Å². The van der Waals surface area contributed by atoms with Crippen LogP contribution in [0.25, 0.3) is 10.9 Å². The van der Waals surface area contributed by atoms with E-state index >= 15 is 0 Å². The Morgan fingerprint density at radius 2 is 2.17 bits per heavy atom. The van der Waals surface area contributed by atoms with E-state index < -0.39 is 0 Å². The van der Waals surface area contributed by atoms with E-state index in [4.69, 9.17) is 5.73 Å². The van der Waals surface area contributed by atoms with Gasteiger partial charge in [0.15, 0.2) is 0 Å². The summed E-state index contributed by atoms with van der Waals surface area (Å²) in [5, 5.41) is 0.582. The number of aryl methyl sites for hydroxylation is 1. The monoisotopic (exact) mass is 328 g/mol. The predicted octanol–water partition coefficient (Wildman–Crippen LogP) is 1.37. The van der Waals surface area contributed by atoms with Gasteiger partial charge in [0.05, 0.1) is 17.2 Å². The van der Waals surface area contributed by atoms with Gasteiger partial charge in [0.2, 0.25) is 5.91 Å². The molecule has 2 heterocycles. The van der Waals surface area contributed by atoms with E-state index in [9.17, 15) is 9.59 Å². The number of amides is 1. The summed E-state index contributed by atoms with van der Waals surface area (Å²) < 4.78 is 1.52. The van der Waals surface area contributed by atoms with E-state index in [1.165, 1.54) is 10.9 Å². The Labute approximate surface area is 141 Å². The smallest absolute Gasteiger partial charge is 0.261 e. The van der Waals surface area contributed by atoms with Crippen LogP contribution in [0, 0.1) is 5.92 Å². The van der Waals surface area contributed by atoms with Gasteiger partial charge in [-0.2, -0.15) is 0 Å². The Kier molecular flexibility index (Phi) is 4.94. The quantitative estimate of drug-likeness (QED) is 0.919. The first kappa shape index (κ1) is 16.6. The second-order valence-electron chi connectivity index (χ2n) is 6.52. The number of likely N-dealkylation sites (tertiary alicyclic amines) is 1. The Morgan fingerprint density at radius 1 is 1.38 bits per heavy atom. The average Bonchev–Trinajstić information content (AvgIpc) is 2.61. The van der Waals surface area contributed by atoms with Crippen molar-refractivity contribution in [2.75, 3.05) is 13.1 Å². The first-order valence-electron chi connectivity index (χ1n) is 8.55. The van der Waals surface area contributed by atoms with Crippen molar-refractivity contribution in [2.45, 2.75) is 38.8 Å². The van der Waals surface area contributed by atoms with E-state index in [2.05, 4.69) is 11.9 Å². The number of piperidine rings is 1. The van der Waals surface area contributed by atoms with E-state index in [1.807, 2.05) is 23.1 Å². The predicted molar refractivity (Wildman–Crippen MR) is 93.6 cm³/mol. The number of nitrogens with two attached hydrogens (primary N) is 1. The minimum Gasteiger partial charge on any atom is -0.338 e. The molecular formula is C18H24N4O2. The van der Waals surface area contributed by atoms with Gasteiger partial charge >= 0.3 is 0 Å². The molecule has 0 bridgehead atoms. The molecule has 6 nitrogen and oxygen atoms in total. The zero-order chi connectivity index (χ0) is 17.1. The number of hydrogen-bond acceptors (Lipinski definition) is 4. The Hall–Kier alpha value is -2.21. The van der Waals surface area contributed by atoms with Crippen molar-refractivity contribution < 1.29 is 4.79 Å². The van der Waals surface area contributed by atoms with Gasteiger partial charge in [-0.05, 0) is 30.9 Å².